The van der Waals surface area contributed by atoms with E-state index in [1.165, 1.54) is 6.20 Å². The van der Waals surface area contributed by atoms with Gasteiger partial charge in [0.1, 0.15) is 0 Å². The molecule has 0 bridgehead atoms. The van der Waals surface area contributed by atoms with Gasteiger partial charge in [-0.25, -0.2) is 0 Å². The first kappa shape index (κ1) is 16.1. The molecule has 0 saturated carbocycles. The number of nitrogens with two attached hydrogens (primary N) is 1. The van der Waals surface area contributed by atoms with Crippen molar-refractivity contribution < 1.29 is 14.3 Å². The Labute approximate surface area is 136 Å². The predicted octanol–water partition coefficient (Wildman–Crippen LogP) is 2.57. The molecule has 1 heterocycles. The molecule has 0 aliphatic rings. The van der Waals surface area contributed by atoms with Crippen LogP contribution in [0.2, 0.25) is 0 Å². The summed E-state index contributed by atoms with van der Waals surface area (Å²) in [4.78, 5) is 15.3. The van der Waals surface area contributed by atoms with Gasteiger partial charge < -0.3 is 20.5 Å². The summed E-state index contributed by atoms with van der Waals surface area (Å²) in [7, 11) is 3.16. The third kappa shape index (κ3) is 3.48. The van der Waals surface area contributed by atoms with Crippen molar-refractivity contribution in [2.75, 3.05) is 19.5 Å². The van der Waals surface area contributed by atoms with Crippen LogP contribution in [0.5, 0.6) is 11.5 Å². The minimum atomic E-state index is -0.526. The molecule has 6 nitrogen and oxygen atoms in total. The van der Waals surface area contributed by atoms with Crippen molar-refractivity contribution in [3.63, 3.8) is 0 Å². The van der Waals surface area contributed by atoms with Crippen LogP contribution in [0.3, 0.4) is 0 Å². The van der Waals surface area contributed by atoms with Crippen LogP contribution in [-0.2, 0) is 6.54 Å². The fourth-order valence-corrected chi connectivity index (χ4v) is 2.43. The molecule has 7 heteroatoms. The van der Waals surface area contributed by atoms with Crippen molar-refractivity contribution in [3.8, 4) is 11.5 Å². The molecule has 1 aromatic heterocycles. The van der Waals surface area contributed by atoms with Crippen molar-refractivity contribution in [1.82, 2.24) is 4.98 Å². The molecule has 0 spiro atoms. The SMILES string of the molecule is COc1cc(Br)c(CNc2ccncc2C(N)=O)cc1OC. The number of nitrogens with zero attached hydrogens (tertiary/aromatic N) is 1. The number of ether oxygens (including phenoxy) is 2. The minimum Gasteiger partial charge on any atom is -0.493 e. The molecule has 2 aromatic rings. The summed E-state index contributed by atoms with van der Waals surface area (Å²) in [5.41, 5.74) is 7.26. The van der Waals surface area contributed by atoms with Gasteiger partial charge in [-0.05, 0) is 23.8 Å². The molecule has 0 radical (unpaired) electrons. The zero-order valence-corrected chi connectivity index (χ0v) is 13.8. The first-order valence-corrected chi connectivity index (χ1v) is 7.24. The van der Waals surface area contributed by atoms with Gasteiger partial charge >= 0.3 is 0 Å². The smallest absolute Gasteiger partial charge is 0.252 e. The Bertz CT molecular complexity index is 692. The molecule has 1 amide bonds. The molecule has 0 unspecified atom stereocenters. The van der Waals surface area contributed by atoms with E-state index in [0.717, 1.165) is 10.0 Å². The summed E-state index contributed by atoms with van der Waals surface area (Å²) >= 11 is 3.49. The third-order valence-electron chi connectivity index (χ3n) is 3.11. The Morgan fingerprint density at radius 3 is 2.64 bits per heavy atom. The van der Waals surface area contributed by atoms with Crippen molar-refractivity contribution >= 4 is 27.5 Å². The highest BCUT2D eigenvalue weighted by Crippen LogP contribution is 2.33. The van der Waals surface area contributed by atoms with Crippen LogP contribution in [0.4, 0.5) is 5.69 Å². The van der Waals surface area contributed by atoms with Gasteiger partial charge in [0, 0.05) is 23.4 Å². The first-order chi connectivity index (χ1) is 10.6. The van der Waals surface area contributed by atoms with Crippen LogP contribution in [0.1, 0.15) is 15.9 Å². The van der Waals surface area contributed by atoms with E-state index in [0.29, 0.717) is 29.3 Å². The molecule has 0 atom stereocenters. The van der Waals surface area contributed by atoms with Crippen LogP contribution < -0.4 is 20.5 Å². The summed E-state index contributed by atoms with van der Waals surface area (Å²) in [5.74, 6) is 0.745. The lowest BCUT2D eigenvalue weighted by molar-refractivity contribution is 0.100. The number of nitrogens with one attached hydrogen (secondary N) is 1. The topological polar surface area (TPSA) is 86.5 Å². The second-order valence-electron chi connectivity index (χ2n) is 4.44. The van der Waals surface area contributed by atoms with E-state index >= 15 is 0 Å². The lowest BCUT2D eigenvalue weighted by Crippen LogP contribution is -2.14. The molecule has 0 saturated heterocycles. The van der Waals surface area contributed by atoms with E-state index < -0.39 is 5.91 Å². The molecular weight excluding hydrogens is 350 g/mol. The quantitative estimate of drug-likeness (QED) is 0.821. The van der Waals surface area contributed by atoms with Gasteiger partial charge in [-0.2, -0.15) is 0 Å². The third-order valence-corrected chi connectivity index (χ3v) is 3.85. The van der Waals surface area contributed by atoms with Gasteiger partial charge in [-0.1, -0.05) is 15.9 Å². The highest BCUT2D eigenvalue weighted by molar-refractivity contribution is 9.10. The zero-order valence-electron chi connectivity index (χ0n) is 12.2. The number of pyridine rings is 1. The summed E-state index contributed by atoms with van der Waals surface area (Å²) in [6.07, 6.45) is 3.03. The molecule has 2 rings (SSSR count). The number of methoxy groups -OCH3 is 2. The summed E-state index contributed by atoms with van der Waals surface area (Å²) < 4.78 is 11.4. The normalized spacial score (nSPS) is 10.1. The Kier molecular flexibility index (Phi) is 5.21. The maximum Gasteiger partial charge on any atom is 0.252 e. The lowest BCUT2D eigenvalue weighted by Gasteiger charge is -2.14. The van der Waals surface area contributed by atoms with E-state index in [9.17, 15) is 4.79 Å². The summed E-state index contributed by atoms with van der Waals surface area (Å²) in [6.45, 7) is 0.477. The molecule has 116 valence electrons. The highest BCUT2D eigenvalue weighted by atomic mass is 79.9. The largest absolute Gasteiger partial charge is 0.493 e. The van der Waals surface area contributed by atoms with Crippen LogP contribution in [0, 0.1) is 0 Å². The van der Waals surface area contributed by atoms with Crippen LogP contribution in [-0.4, -0.2) is 25.1 Å². The van der Waals surface area contributed by atoms with Gasteiger partial charge in [-0.3, -0.25) is 9.78 Å². The van der Waals surface area contributed by atoms with Crippen LogP contribution in [0.25, 0.3) is 0 Å². The molecule has 0 aliphatic heterocycles. The number of benzene rings is 1. The van der Waals surface area contributed by atoms with Gasteiger partial charge in [0.2, 0.25) is 0 Å². The fraction of sp³-hybridized carbons (Fsp3) is 0.200. The monoisotopic (exact) mass is 365 g/mol. The number of halogens is 1. The molecule has 1 aromatic carbocycles. The van der Waals surface area contributed by atoms with E-state index in [-0.39, 0.29) is 0 Å². The number of carbonyl (C=O) groups excluding carboxylic acids is 1. The Morgan fingerprint density at radius 1 is 1.32 bits per heavy atom. The lowest BCUT2D eigenvalue weighted by atomic mass is 10.1. The minimum absolute atomic E-state index is 0.346. The number of amides is 1. The fourth-order valence-electron chi connectivity index (χ4n) is 1.97. The van der Waals surface area contributed by atoms with E-state index in [2.05, 4.69) is 26.2 Å². The number of primary amides is 1. The second-order valence-corrected chi connectivity index (χ2v) is 5.29. The number of carbonyl (C=O) groups is 1. The molecule has 0 fully saturated rings. The highest BCUT2D eigenvalue weighted by Gasteiger charge is 2.11. The number of anilines is 1. The van der Waals surface area contributed by atoms with E-state index in [1.807, 2.05) is 12.1 Å². The predicted molar refractivity (Wildman–Crippen MR) is 87.3 cm³/mol. The first-order valence-electron chi connectivity index (χ1n) is 6.45. The van der Waals surface area contributed by atoms with Gasteiger partial charge in [0.15, 0.2) is 11.5 Å². The maximum absolute atomic E-state index is 11.4. The number of hydrogen-bond donors (Lipinski definition) is 2. The molecule has 3 N–H and O–H groups in total. The van der Waals surface area contributed by atoms with Crippen LogP contribution in [0.15, 0.2) is 35.1 Å². The van der Waals surface area contributed by atoms with Gasteiger partial charge in [-0.15, -0.1) is 0 Å². The van der Waals surface area contributed by atoms with E-state index in [1.54, 1.807) is 26.5 Å². The number of rotatable bonds is 6. The zero-order chi connectivity index (χ0) is 16.1. The second kappa shape index (κ2) is 7.13. The number of hydrogen-bond acceptors (Lipinski definition) is 5. The Balaban J connectivity index is 2.24. The van der Waals surface area contributed by atoms with Crippen molar-refractivity contribution in [1.29, 1.82) is 0 Å². The van der Waals surface area contributed by atoms with Gasteiger partial charge in [0.25, 0.3) is 5.91 Å². The average molecular weight is 366 g/mol. The average Bonchev–Trinajstić information content (AvgIpc) is 2.53. The molecule has 0 aliphatic carbocycles. The number of aromatic nitrogens is 1. The van der Waals surface area contributed by atoms with Crippen molar-refractivity contribution in [2.45, 2.75) is 6.54 Å². The Morgan fingerprint density at radius 2 is 2.00 bits per heavy atom. The molecule has 22 heavy (non-hydrogen) atoms. The summed E-state index contributed by atoms with van der Waals surface area (Å²) in [6, 6.07) is 5.40. The van der Waals surface area contributed by atoms with Crippen molar-refractivity contribution in [3.05, 3.63) is 46.2 Å². The van der Waals surface area contributed by atoms with Crippen LogP contribution >= 0.6 is 15.9 Å². The molecular formula is C15H16BrN3O3. The summed E-state index contributed by atoms with van der Waals surface area (Å²) in [5, 5.41) is 3.17. The van der Waals surface area contributed by atoms with Crippen molar-refractivity contribution in [2.24, 2.45) is 5.73 Å². The standard InChI is InChI=1S/C15H16BrN3O3/c1-21-13-5-9(11(16)6-14(13)22-2)7-19-12-3-4-18-8-10(12)15(17)20/h3-6,8H,7H2,1-2H3,(H2,17,20)(H,18,19). The maximum atomic E-state index is 11.4. The van der Waals surface area contributed by atoms with Gasteiger partial charge in [0.05, 0.1) is 25.5 Å². The Hall–Kier alpha value is -2.28. The van der Waals surface area contributed by atoms with E-state index in [4.69, 9.17) is 15.2 Å².